The van der Waals surface area contributed by atoms with Crippen LogP contribution in [-0.2, 0) is 0 Å². The molecule has 1 unspecified atom stereocenters. The molecule has 1 N–H and O–H groups in total. The van der Waals surface area contributed by atoms with Crippen molar-refractivity contribution in [1.29, 1.82) is 0 Å². The third kappa shape index (κ3) is 7.60. The number of halogens is 2. The summed E-state index contributed by atoms with van der Waals surface area (Å²) in [6.07, 6.45) is -1.34. The second-order valence-corrected chi connectivity index (χ2v) is 8.55. The second kappa shape index (κ2) is 13.7. The third-order valence-corrected chi connectivity index (χ3v) is 6.15. The van der Waals surface area contributed by atoms with Gasteiger partial charge in [0.2, 0.25) is 0 Å². The molecule has 1 atom stereocenters. The van der Waals surface area contributed by atoms with Crippen molar-refractivity contribution in [1.82, 2.24) is 10.2 Å². The molecule has 0 saturated carbocycles. The summed E-state index contributed by atoms with van der Waals surface area (Å²) in [6, 6.07) is 25.3. The zero-order valence-electron chi connectivity index (χ0n) is 20.4. The Balaban J connectivity index is 0.00000361. The molecule has 3 aromatic rings. The van der Waals surface area contributed by atoms with Gasteiger partial charge in [0.05, 0.1) is 12.8 Å². The highest BCUT2D eigenvalue weighted by Gasteiger charge is 2.22. The molecule has 1 aliphatic heterocycles. The Hall–Kier alpha value is -3.29. The smallest absolute Gasteiger partial charge is 0.412 e. The zero-order valence-corrected chi connectivity index (χ0v) is 21.3. The van der Waals surface area contributed by atoms with E-state index in [1.54, 1.807) is 19.2 Å². The number of rotatable bonds is 9. The van der Waals surface area contributed by atoms with Crippen molar-refractivity contribution in [2.75, 3.05) is 51.3 Å². The molecule has 0 spiro atoms. The number of carbonyl (C=O) groups excluding carboxylic acids is 1. The van der Waals surface area contributed by atoms with Gasteiger partial charge >= 0.3 is 6.09 Å². The summed E-state index contributed by atoms with van der Waals surface area (Å²) in [4.78, 5) is 16.5. The normalized spacial score (nSPS) is 14.4. The van der Waals surface area contributed by atoms with E-state index < -0.39 is 12.3 Å². The summed E-state index contributed by atoms with van der Waals surface area (Å²) in [7, 11) is 1.67. The van der Waals surface area contributed by atoms with Crippen LogP contribution >= 0.6 is 12.4 Å². The molecule has 1 aliphatic rings. The van der Waals surface area contributed by atoms with Crippen LogP contribution in [0.15, 0.2) is 78.9 Å². The largest absolute Gasteiger partial charge is 0.495 e. The number of hydrogen-bond acceptors (Lipinski definition) is 5. The highest BCUT2D eigenvalue weighted by atomic mass is 35.5. The van der Waals surface area contributed by atoms with Crippen LogP contribution in [0, 0.1) is 0 Å². The molecule has 8 heteroatoms. The van der Waals surface area contributed by atoms with E-state index in [0.29, 0.717) is 12.3 Å². The predicted molar refractivity (Wildman–Crippen MR) is 144 cm³/mol. The number of para-hydroxylation sites is 2. The van der Waals surface area contributed by atoms with Crippen LogP contribution in [0.3, 0.4) is 0 Å². The third-order valence-electron chi connectivity index (χ3n) is 6.15. The summed E-state index contributed by atoms with van der Waals surface area (Å²) in [5.41, 5.74) is 3.21. The fraction of sp³-hybridized carbons (Fsp3) is 0.321. The van der Waals surface area contributed by atoms with E-state index in [-0.39, 0.29) is 25.4 Å². The van der Waals surface area contributed by atoms with Gasteiger partial charge in [-0.05, 0) is 41.8 Å². The SMILES string of the molecule is COc1ccccc1N1CCN(CC(F)CCNC(=O)Oc2ccc(-c3ccccc3)cc2)CC1.Cl. The maximum atomic E-state index is 14.5. The van der Waals surface area contributed by atoms with Crippen molar-refractivity contribution in [3.05, 3.63) is 78.9 Å². The molecule has 1 heterocycles. The second-order valence-electron chi connectivity index (χ2n) is 8.55. The molecule has 4 rings (SSSR count). The first-order valence-corrected chi connectivity index (χ1v) is 12.0. The van der Waals surface area contributed by atoms with Crippen LogP contribution in [0.1, 0.15) is 6.42 Å². The number of ether oxygens (including phenoxy) is 2. The summed E-state index contributed by atoms with van der Waals surface area (Å²) >= 11 is 0. The first-order chi connectivity index (χ1) is 17.1. The molecule has 36 heavy (non-hydrogen) atoms. The predicted octanol–water partition coefficient (Wildman–Crippen LogP) is 5.42. The molecule has 3 aromatic carbocycles. The lowest BCUT2D eigenvalue weighted by Crippen LogP contribution is -2.48. The number of nitrogens with zero attached hydrogens (tertiary/aromatic N) is 2. The van der Waals surface area contributed by atoms with E-state index in [9.17, 15) is 9.18 Å². The Bertz CT molecular complexity index is 1080. The van der Waals surface area contributed by atoms with Crippen LogP contribution in [0.25, 0.3) is 11.1 Å². The maximum Gasteiger partial charge on any atom is 0.412 e. The number of nitrogens with one attached hydrogen (secondary N) is 1. The highest BCUT2D eigenvalue weighted by molar-refractivity contribution is 5.85. The van der Waals surface area contributed by atoms with E-state index in [0.717, 1.165) is 48.7 Å². The van der Waals surface area contributed by atoms with E-state index in [1.165, 1.54) is 0 Å². The first-order valence-electron chi connectivity index (χ1n) is 12.0. The summed E-state index contributed by atoms with van der Waals surface area (Å²) in [5.74, 6) is 1.31. The molecule has 192 valence electrons. The highest BCUT2D eigenvalue weighted by Crippen LogP contribution is 2.28. The van der Waals surface area contributed by atoms with Crippen molar-refractivity contribution in [2.24, 2.45) is 0 Å². The molecule has 1 amide bonds. The van der Waals surface area contributed by atoms with Crippen molar-refractivity contribution in [2.45, 2.75) is 12.6 Å². The summed E-state index contributed by atoms with van der Waals surface area (Å²) in [6.45, 7) is 3.79. The average Bonchev–Trinajstić information content (AvgIpc) is 2.90. The van der Waals surface area contributed by atoms with Crippen LogP contribution in [0.2, 0.25) is 0 Å². The van der Waals surface area contributed by atoms with Gasteiger partial charge in [-0.2, -0.15) is 0 Å². The van der Waals surface area contributed by atoms with Crippen molar-refractivity contribution < 1.29 is 18.7 Å². The lowest BCUT2D eigenvalue weighted by atomic mass is 10.1. The molecule has 6 nitrogen and oxygen atoms in total. The molecular formula is C28H33ClFN3O3. The maximum absolute atomic E-state index is 14.5. The van der Waals surface area contributed by atoms with E-state index in [1.807, 2.05) is 60.7 Å². The van der Waals surface area contributed by atoms with E-state index in [2.05, 4.69) is 21.2 Å². The van der Waals surface area contributed by atoms with Crippen LogP contribution in [0.4, 0.5) is 14.9 Å². The fourth-order valence-electron chi connectivity index (χ4n) is 4.25. The topological polar surface area (TPSA) is 54.0 Å². The average molecular weight is 514 g/mol. The lowest BCUT2D eigenvalue weighted by molar-refractivity contribution is 0.172. The van der Waals surface area contributed by atoms with E-state index >= 15 is 0 Å². The summed E-state index contributed by atoms with van der Waals surface area (Å²) in [5, 5.41) is 2.65. The number of methoxy groups -OCH3 is 1. The number of hydrogen-bond donors (Lipinski definition) is 1. The Kier molecular flexibility index (Phi) is 10.4. The van der Waals surface area contributed by atoms with Gasteiger partial charge in [0.1, 0.15) is 17.7 Å². The molecule has 0 aliphatic carbocycles. The minimum atomic E-state index is -1.02. The molecule has 0 radical (unpaired) electrons. The van der Waals surface area contributed by atoms with Gasteiger partial charge in [-0.3, -0.25) is 4.90 Å². The molecular weight excluding hydrogens is 481 g/mol. The molecule has 0 aromatic heterocycles. The molecule has 0 bridgehead atoms. The van der Waals surface area contributed by atoms with Crippen molar-refractivity contribution in [3.63, 3.8) is 0 Å². The number of carbonyl (C=O) groups is 1. The minimum absolute atomic E-state index is 0. The van der Waals surface area contributed by atoms with Gasteiger partial charge in [0.25, 0.3) is 0 Å². The monoisotopic (exact) mass is 513 g/mol. The number of anilines is 1. The van der Waals surface area contributed by atoms with Gasteiger partial charge in [0, 0.05) is 39.3 Å². The van der Waals surface area contributed by atoms with Gasteiger partial charge in [0.15, 0.2) is 0 Å². The Morgan fingerprint density at radius 1 is 0.917 bits per heavy atom. The Labute approximate surface area is 218 Å². The van der Waals surface area contributed by atoms with E-state index in [4.69, 9.17) is 9.47 Å². The quantitative estimate of drug-likeness (QED) is 0.414. The van der Waals surface area contributed by atoms with Gasteiger partial charge in [-0.1, -0.05) is 54.6 Å². The van der Waals surface area contributed by atoms with Gasteiger partial charge in [-0.25, -0.2) is 9.18 Å². The van der Waals surface area contributed by atoms with Crippen molar-refractivity contribution in [3.8, 4) is 22.6 Å². The van der Waals surface area contributed by atoms with Gasteiger partial charge in [-0.15, -0.1) is 12.4 Å². The lowest BCUT2D eigenvalue weighted by Gasteiger charge is -2.37. The fourth-order valence-corrected chi connectivity index (χ4v) is 4.25. The number of alkyl halides is 1. The van der Waals surface area contributed by atoms with Gasteiger partial charge < -0.3 is 19.7 Å². The standard InChI is InChI=1S/C28H32FN3O3.ClH/c1-34-27-10-6-5-9-26(27)32-19-17-31(18-20-32)21-24(29)15-16-30-28(33)35-25-13-11-23(12-14-25)22-7-3-2-4-8-22;/h2-14,24H,15-21H2,1H3,(H,30,33);1H. The zero-order chi connectivity index (χ0) is 24.5. The minimum Gasteiger partial charge on any atom is -0.495 e. The van der Waals surface area contributed by atoms with Crippen molar-refractivity contribution >= 4 is 24.2 Å². The Morgan fingerprint density at radius 2 is 1.56 bits per heavy atom. The number of amides is 1. The number of benzene rings is 3. The summed E-state index contributed by atoms with van der Waals surface area (Å²) < 4.78 is 25.3. The molecule has 1 fully saturated rings. The number of piperazine rings is 1. The van der Waals surface area contributed by atoms with Crippen LogP contribution in [-0.4, -0.2) is 63.5 Å². The first kappa shape index (κ1) is 27.3. The Morgan fingerprint density at radius 3 is 2.25 bits per heavy atom. The van der Waals surface area contributed by atoms with Crippen LogP contribution in [0.5, 0.6) is 11.5 Å². The molecule has 1 saturated heterocycles. The van der Waals surface area contributed by atoms with Crippen LogP contribution < -0.4 is 19.7 Å².